The van der Waals surface area contributed by atoms with E-state index < -0.39 is 5.60 Å². The molecule has 4 N–H and O–H groups in total. The molecule has 0 unspecified atom stereocenters. The first kappa shape index (κ1) is 70.3. The molecule has 0 radical (unpaired) electrons. The Hall–Kier alpha value is -11.4. The molecule has 0 saturated carbocycles. The van der Waals surface area contributed by atoms with Crippen molar-refractivity contribution in [2.75, 3.05) is 102 Å². The van der Waals surface area contributed by atoms with Crippen LogP contribution in [0.25, 0.3) is 100 Å². The van der Waals surface area contributed by atoms with Gasteiger partial charge < -0.3 is 67.8 Å². The second-order valence-electron chi connectivity index (χ2n) is 27.6. The van der Waals surface area contributed by atoms with Crippen LogP contribution in [0.1, 0.15) is 74.6 Å². The number of nitriles is 3. The van der Waals surface area contributed by atoms with Gasteiger partial charge in [-0.25, -0.2) is 0 Å². The van der Waals surface area contributed by atoms with Crippen molar-refractivity contribution in [1.29, 1.82) is 15.8 Å². The monoisotopic (exact) mass is 1410 g/mol. The van der Waals surface area contributed by atoms with Gasteiger partial charge in [0.05, 0.1) is 105 Å². The van der Waals surface area contributed by atoms with Gasteiger partial charge in [-0.05, 0) is 146 Å². The average Bonchev–Trinajstić information content (AvgIpc) is 1.62. The van der Waals surface area contributed by atoms with Crippen LogP contribution in [-0.4, -0.2) is 146 Å². The number of nitrogens with zero attached hydrogens (tertiary/aromatic N) is 8. The first-order valence-corrected chi connectivity index (χ1v) is 36.5. The lowest BCUT2D eigenvalue weighted by atomic mass is 9.97. The molecule has 0 aliphatic carbocycles. The minimum absolute atomic E-state index is 0.0725. The van der Waals surface area contributed by atoms with Crippen molar-refractivity contribution in [3.8, 4) is 103 Å². The molecule has 0 atom stereocenters. The zero-order valence-electron chi connectivity index (χ0n) is 59.5. The number of anilines is 2. The average molecular weight is 1410 g/mol. The normalized spacial score (nSPS) is 16.1. The zero-order chi connectivity index (χ0) is 72.4. The van der Waals surface area contributed by atoms with Gasteiger partial charge in [0, 0.05) is 167 Å². The van der Waals surface area contributed by atoms with E-state index in [-0.39, 0.29) is 18.3 Å². The molecule has 12 aromatic rings. The first-order chi connectivity index (χ1) is 52.0. The summed E-state index contributed by atoms with van der Waals surface area (Å²) in [5.41, 5.74) is 18.4. The van der Waals surface area contributed by atoms with E-state index in [0.717, 1.165) is 197 Å². The fraction of sp³-hybridized carbons (Fsp3) is 0.302. The van der Waals surface area contributed by atoms with Crippen LogP contribution in [0.15, 0.2) is 182 Å². The van der Waals surface area contributed by atoms with Gasteiger partial charge in [-0.2, -0.15) is 15.8 Å². The Morgan fingerprint density at radius 3 is 1.09 bits per heavy atom. The maximum Gasteiger partial charge on any atom is 0.137 e. The maximum absolute atomic E-state index is 10.2. The van der Waals surface area contributed by atoms with Gasteiger partial charge in [0.1, 0.15) is 53.8 Å². The van der Waals surface area contributed by atoms with Gasteiger partial charge in [-0.3, -0.25) is 15.0 Å². The van der Waals surface area contributed by atoms with Crippen LogP contribution in [-0.2, 0) is 29.3 Å². The molecule has 6 aromatic carbocycles. The Labute approximate surface area is 615 Å². The highest BCUT2D eigenvalue weighted by molar-refractivity contribution is 5.99. The molecule has 5 fully saturated rings. The number of fused-ring (bicyclic) bond motifs is 3. The van der Waals surface area contributed by atoms with Crippen molar-refractivity contribution in [3.05, 3.63) is 205 Å². The fourth-order valence-electron chi connectivity index (χ4n) is 14.3. The van der Waals surface area contributed by atoms with Crippen molar-refractivity contribution < 1.29 is 43.0 Å². The number of aromatic nitrogens is 6. The van der Waals surface area contributed by atoms with E-state index >= 15 is 0 Å². The number of rotatable bonds is 15. The lowest BCUT2D eigenvalue weighted by Crippen LogP contribution is -2.36. The van der Waals surface area contributed by atoms with E-state index in [9.17, 15) is 20.9 Å². The molecule has 5 aliphatic rings. The number of benzene rings is 6. The van der Waals surface area contributed by atoms with E-state index in [1.807, 2.05) is 97.1 Å². The summed E-state index contributed by atoms with van der Waals surface area (Å²) in [5, 5.41) is 42.6. The van der Waals surface area contributed by atoms with Crippen LogP contribution in [0, 0.1) is 34.0 Å². The number of aliphatic hydroxyl groups is 1. The number of hydrogen-bond donors (Lipinski definition) is 4. The molecular weight excluding hydrogens is 1330 g/mol. The highest BCUT2D eigenvalue weighted by atomic mass is 16.5. The molecule has 0 amide bonds. The third-order valence-corrected chi connectivity index (χ3v) is 20.1. The quantitative estimate of drug-likeness (QED) is 0.0744. The predicted molar refractivity (Wildman–Crippen MR) is 410 cm³/mol. The topological polar surface area (TPSA) is 258 Å². The smallest absolute Gasteiger partial charge is 0.137 e. The van der Waals surface area contributed by atoms with Gasteiger partial charge in [0.15, 0.2) is 0 Å². The Morgan fingerprint density at radius 1 is 0.387 bits per heavy atom. The predicted octanol–water partition coefficient (Wildman–Crippen LogP) is 15.9. The Bertz CT molecular complexity index is 5190. The summed E-state index contributed by atoms with van der Waals surface area (Å²) >= 11 is 0. The number of aromatic amines is 3. The molecule has 536 valence electrons. The largest absolute Gasteiger partial charge is 0.489 e. The first-order valence-electron chi connectivity index (χ1n) is 36.5. The third-order valence-electron chi connectivity index (χ3n) is 20.1. The molecule has 20 nitrogen and oxygen atoms in total. The summed E-state index contributed by atoms with van der Waals surface area (Å²) in [4.78, 5) is 29.3. The van der Waals surface area contributed by atoms with E-state index in [1.54, 1.807) is 32.4 Å². The molecule has 0 bridgehead atoms. The van der Waals surface area contributed by atoms with Gasteiger partial charge in [0.25, 0.3) is 0 Å². The molecule has 17 rings (SSSR count). The lowest BCUT2D eigenvalue weighted by molar-refractivity contribution is 0.0252. The molecule has 106 heavy (non-hydrogen) atoms. The zero-order valence-corrected chi connectivity index (χ0v) is 59.5. The van der Waals surface area contributed by atoms with Crippen molar-refractivity contribution in [3.63, 3.8) is 0 Å². The van der Waals surface area contributed by atoms with Crippen molar-refractivity contribution in [2.45, 2.75) is 76.3 Å². The summed E-state index contributed by atoms with van der Waals surface area (Å²) in [5.74, 6) is 1.84. The van der Waals surface area contributed by atoms with E-state index in [0.29, 0.717) is 73.6 Å². The summed E-state index contributed by atoms with van der Waals surface area (Å²) in [6.07, 6.45) is 10.6. The Balaban J connectivity index is 0.000000127. The summed E-state index contributed by atoms with van der Waals surface area (Å²) in [7, 11) is 0. The van der Waals surface area contributed by atoms with Crippen LogP contribution in [0.2, 0.25) is 0 Å². The number of hydrogen-bond acceptors (Lipinski definition) is 17. The standard InChI is InChI=1S/2C29H28N4O3.C28H27N3O3/c30-19-22-17-21(3-6-28(22)36-24-8-13-34-14-9-24)29-25-18-27(32-26(25)7-10-31-29)20-1-4-23(5-2-20)33-11-15-35-16-12-33;30-19-22-16-21(4-5-28(22)36-24-7-12-34-13-8-24)29-25-18-27(32-26(25)6-9-31-29)20-2-1-3-23(17-20)33-10-14-35-15-11-33;1-28(2,32)21-6-3-18(4-7-21)25-16-23-24(31-25)9-12-30-27(23)19-5-8-26(20(15-19)17-29)34-22-10-13-33-14-11-22/h1-7,10,17-18,24,32H,8-9,11-16H2;1-6,9,16-18,24,32H,7-8,10-15H2;3-9,12,15-16,22,31-32H,10-11,13-14H2,1-2H3. The highest BCUT2D eigenvalue weighted by Gasteiger charge is 2.25. The van der Waals surface area contributed by atoms with Crippen LogP contribution in [0.4, 0.5) is 11.4 Å². The van der Waals surface area contributed by atoms with Crippen LogP contribution < -0.4 is 24.0 Å². The van der Waals surface area contributed by atoms with Crippen LogP contribution in [0.3, 0.4) is 0 Å². The number of nitrogens with one attached hydrogen (secondary N) is 3. The Kier molecular flexibility index (Phi) is 21.4. The van der Waals surface area contributed by atoms with E-state index in [2.05, 4.69) is 125 Å². The van der Waals surface area contributed by atoms with Gasteiger partial charge >= 0.3 is 0 Å². The van der Waals surface area contributed by atoms with Gasteiger partial charge in [0.2, 0.25) is 0 Å². The summed E-state index contributed by atoms with van der Waals surface area (Å²) in [6, 6.07) is 61.5. The summed E-state index contributed by atoms with van der Waals surface area (Å²) < 4.78 is 45.6. The molecule has 5 saturated heterocycles. The minimum Gasteiger partial charge on any atom is -0.489 e. The molecule has 11 heterocycles. The maximum atomic E-state index is 10.2. The van der Waals surface area contributed by atoms with Crippen molar-refractivity contribution in [2.24, 2.45) is 0 Å². The SMILES string of the molecule is CC(C)(O)c1ccc(-c2cc3c(-c4ccc(OC5CCOCC5)c(C#N)c4)nccc3[nH]2)cc1.N#Cc1cc(-c2nccc3[nH]c(-c4ccc(N5CCOCC5)cc4)cc23)ccc1OC1CCOCC1.N#Cc1cc(-c2nccc3[nH]c(-c4cccc(N5CCOCC5)c4)cc23)ccc1OC1CCOCC1. The number of H-pyrrole nitrogens is 3. The lowest BCUT2D eigenvalue weighted by Gasteiger charge is -2.29. The minimum atomic E-state index is -0.880. The van der Waals surface area contributed by atoms with E-state index in [1.165, 1.54) is 11.4 Å². The van der Waals surface area contributed by atoms with Crippen molar-refractivity contribution >= 4 is 44.1 Å². The Morgan fingerprint density at radius 2 is 0.726 bits per heavy atom. The second kappa shape index (κ2) is 32.3. The van der Waals surface area contributed by atoms with Crippen molar-refractivity contribution in [1.82, 2.24) is 29.9 Å². The van der Waals surface area contributed by atoms with Crippen LogP contribution in [0.5, 0.6) is 17.2 Å². The van der Waals surface area contributed by atoms with Gasteiger partial charge in [-0.1, -0.05) is 48.5 Å². The van der Waals surface area contributed by atoms with Crippen LogP contribution >= 0.6 is 0 Å². The molecule has 0 spiro atoms. The number of morpholine rings is 2. The second-order valence-corrected chi connectivity index (χ2v) is 27.6. The van der Waals surface area contributed by atoms with Gasteiger partial charge in [-0.15, -0.1) is 0 Å². The fourth-order valence-corrected chi connectivity index (χ4v) is 14.3. The number of ether oxygens (including phenoxy) is 8. The van der Waals surface area contributed by atoms with E-state index in [4.69, 9.17) is 37.9 Å². The molecule has 6 aromatic heterocycles. The number of pyridine rings is 3. The molecular formula is C86H83N11O9. The molecule has 20 heteroatoms. The summed E-state index contributed by atoms with van der Waals surface area (Å²) in [6.45, 7) is 14.4. The third kappa shape index (κ3) is 16.1. The highest BCUT2D eigenvalue weighted by Crippen LogP contribution is 2.39. The molecule has 5 aliphatic heterocycles.